The third-order valence-electron chi connectivity index (χ3n) is 8.24. The number of nitrogens with one attached hydrogen (secondary N) is 3. The molecule has 1 saturated heterocycles. The van der Waals surface area contributed by atoms with Gasteiger partial charge in [0, 0.05) is 59.6 Å². The Balaban J connectivity index is 1.31. The van der Waals surface area contributed by atoms with Crippen molar-refractivity contribution in [2.75, 3.05) is 18.4 Å². The molecule has 3 N–H and O–H groups in total. The van der Waals surface area contributed by atoms with Crippen LogP contribution in [0.1, 0.15) is 56.2 Å². The minimum atomic E-state index is 0.0908. The van der Waals surface area contributed by atoms with Crippen molar-refractivity contribution in [3.05, 3.63) is 70.5 Å². The molecule has 1 saturated carbocycles. The van der Waals surface area contributed by atoms with Crippen LogP contribution < -0.4 is 10.6 Å². The minimum Gasteiger partial charge on any atom is -0.360 e. The average molecular weight is 515 g/mol. The van der Waals surface area contributed by atoms with Crippen LogP contribution >= 0.6 is 11.6 Å². The molecule has 37 heavy (non-hydrogen) atoms. The highest BCUT2D eigenvalue weighted by Gasteiger charge is 2.35. The maximum absolute atomic E-state index is 6.59. The second-order valence-corrected chi connectivity index (χ2v) is 11.7. The summed E-state index contributed by atoms with van der Waals surface area (Å²) in [6.07, 6.45) is 6.20. The summed E-state index contributed by atoms with van der Waals surface area (Å²) in [5, 5.41) is 8.76. The molecule has 6 nitrogen and oxygen atoms in total. The third-order valence-corrected chi connectivity index (χ3v) is 8.51. The number of rotatable bonds is 6. The van der Waals surface area contributed by atoms with Crippen molar-refractivity contribution in [2.24, 2.45) is 0 Å². The molecule has 2 aliphatic rings. The van der Waals surface area contributed by atoms with E-state index in [2.05, 4.69) is 89.6 Å². The van der Waals surface area contributed by atoms with Gasteiger partial charge >= 0.3 is 0 Å². The maximum atomic E-state index is 6.59. The van der Waals surface area contributed by atoms with Crippen LogP contribution in [-0.4, -0.2) is 44.5 Å². The number of H-pyrrole nitrogens is 1. The molecule has 2 aromatic heterocycles. The molecule has 2 fully saturated rings. The molecule has 0 amide bonds. The quantitative estimate of drug-likeness (QED) is 0.264. The van der Waals surface area contributed by atoms with Crippen molar-refractivity contribution in [3.8, 4) is 11.3 Å². The molecule has 6 rings (SSSR count). The van der Waals surface area contributed by atoms with E-state index in [0.717, 1.165) is 47.5 Å². The Kier molecular flexibility index (Phi) is 6.22. The van der Waals surface area contributed by atoms with Crippen molar-refractivity contribution in [3.63, 3.8) is 0 Å². The number of benzene rings is 2. The van der Waals surface area contributed by atoms with E-state index >= 15 is 0 Å². The summed E-state index contributed by atoms with van der Waals surface area (Å²) in [6, 6.07) is 13.7. The van der Waals surface area contributed by atoms with E-state index < -0.39 is 0 Å². The van der Waals surface area contributed by atoms with Gasteiger partial charge < -0.3 is 15.6 Å². The number of hydrogen-bond acceptors (Lipinski definition) is 5. The second-order valence-electron chi connectivity index (χ2n) is 11.3. The van der Waals surface area contributed by atoms with E-state index in [4.69, 9.17) is 16.6 Å². The number of fused-ring (bicyclic) bond motifs is 1. The lowest BCUT2D eigenvalue weighted by Crippen LogP contribution is -2.62. The van der Waals surface area contributed by atoms with Gasteiger partial charge in [0.05, 0.1) is 16.9 Å². The van der Waals surface area contributed by atoms with Crippen LogP contribution in [0, 0.1) is 6.92 Å². The molecule has 3 heterocycles. The van der Waals surface area contributed by atoms with Gasteiger partial charge in [-0.1, -0.05) is 29.8 Å². The molecule has 1 aliphatic heterocycles. The Labute approximate surface area is 223 Å². The highest BCUT2D eigenvalue weighted by Crippen LogP contribution is 2.42. The van der Waals surface area contributed by atoms with E-state index in [1.165, 1.54) is 29.5 Å². The lowest BCUT2D eigenvalue weighted by Gasteiger charge is -2.47. The molecule has 0 bridgehead atoms. The smallest absolute Gasteiger partial charge is 0.227 e. The number of aryl methyl sites for hydroxylation is 1. The Morgan fingerprint density at radius 3 is 2.81 bits per heavy atom. The average Bonchev–Trinajstić information content (AvgIpc) is 3.64. The van der Waals surface area contributed by atoms with Crippen LogP contribution in [0.15, 0.2) is 48.8 Å². The first-order chi connectivity index (χ1) is 17.8. The van der Waals surface area contributed by atoms with Crippen LogP contribution in [0.5, 0.6) is 0 Å². The highest BCUT2D eigenvalue weighted by molar-refractivity contribution is 6.33. The number of halogens is 1. The molecule has 7 heteroatoms. The molecule has 1 aliphatic carbocycles. The van der Waals surface area contributed by atoms with Crippen molar-refractivity contribution in [1.29, 1.82) is 0 Å². The molecule has 1 atom stereocenters. The summed E-state index contributed by atoms with van der Waals surface area (Å²) in [5.41, 5.74) is 7.85. The number of hydrogen-bond donors (Lipinski definition) is 3. The van der Waals surface area contributed by atoms with Crippen LogP contribution in [0.25, 0.3) is 22.2 Å². The van der Waals surface area contributed by atoms with Gasteiger partial charge in [0.2, 0.25) is 5.95 Å². The van der Waals surface area contributed by atoms with Gasteiger partial charge in [-0.2, -0.15) is 0 Å². The molecule has 192 valence electrons. The predicted octanol–water partition coefficient (Wildman–Crippen LogP) is 6.78. The molecule has 2 aromatic carbocycles. The normalized spacial score (nSPS) is 19.9. The Bertz CT molecular complexity index is 1450. The van der Waals surface area contributed by atoms with Crippen LogP contribution in [-0.2, 0) is 6.54 Å². The van der Waals surface area contributed by atoms with Crippen molar-refractivity contribution >= 4 is 34.1 Å². The van der Waals surface area contributed by atoms with E-state index in [1.807, 2.05) is 6.20 Å². The highest BCUT2D eigenvalue weighted by atomic mass is 35.5. The number of nitrogens with zero attached hydrogens (tertiary/aromatic N) is 3. The van der Waals surface area contributed by atoms with Gasteiger partial charge in [0.1, 0.15) is 0 Å². The lowest BCUT2D eigenvalue weighted by molar-refractivity contribution is 0.0479. The zero-order valence-corrected chi connectivity index (χ0v) is 22.8. The summed E-state index contributed by atoms with van der Waals surface area (Å²) < 4.78 is 0. The standard InChI is InChI=1S/C30H35ClN6/c1-18-5-8-24-25(15-33-27(24)11-18)28-26(31)16-34-29(36-28)35-23-13-20(12-22(14-23)21-6-7-21)17-37-10-9-32-19(2)30(37,3)4/h5,8,11-16,19,21,32-33H,6-7,9-10,17H2,1-4H3,(H,34,35,36). The van der Waals surface area contributed by atoms with Gasteiger partial charge in [-0.05, 0) is 81.3 Å². The van der Waals surface area contributed by atoms with Crippen molar-refractivity contribution in [1.82, 2.24) is 25.2 Å². The zero-order chi connectivity index (χ0) is 25.7. The largest absolute Gasteiger partial charge is 0.360 e. The first-order valence-corrected chi connectivity index (χ1v) is 13.7. The first-order valence-electron chi connectivity index (χ1n) is 13.3. The number of aromatic amines is 1. The third kappa shape index (κ3) is 4.86. The summed E-state index contributed by atoms with van der Waals surface area (Å²) in [6.45, 7) is 12.0. The van der Waals surface area contributed by atoms with Gasteiger partial charge in [0.15, 0.2) is 0 Å². The fourth-order valence-corrected chi connectivity index (χ4v) is 5.64. The summed E-state index contributed by atoms with van der Waals surface area (Å²) >= 11 is 6.59. The van der Waals surface area contributed by atoms with E-state index in [-0.39, 0.29) is 5.54 Å². The molecular weight excluding hydrogens is 480 g/mol. The number of aromatic nitrogens is 3. The molecule has 1 unspecified atom stereocenters. The van der Waals surface area contributed by atoms with E-state index in [1.54, 1.807) is 6.20 Å². The Morgan fingerprint density at radius 2 is 2.00 bits per heavy atom. The molecule has 0 spiro atoms. The van der Waals surface area contributed by atoms with E-state index in [0.29, 0.717) is 22.9 Å². The molecular formula is C30H35ClN6. The predicted molar refractivity (Wildman–Crippen MR) is 153 cm³/mol. The topological polar surface area (TPSA) is 68.9 Å². The van der Waals surface area contributed by atoms with Gasteiger partial charge in [-0.15, -0.1) is 0 Å². The molecule has 0 radical (unpaired) electrons. The second kappa shape index (κ2) is 9.43. The van der Waals surface area contributed by atoms with Gasteiger partial charge in [-0.25, -0.2) is 9.97 Å². The number of piperazine rings is 1. The van der Waals surface area contributed by atoms with Crippen LogP contribution in [0.2, 0.25) is 5.02 Å². The summed E-state index contributed by atoms with van der Waals surface area (Å²) in [5.74, 6) is 1.21. The van der Waals surface area contributed by atoms with Crippen molar-refractivity contribution < 1.29 is 0 Å². The lowest BCUT2D eigenvalue weighted by atomic mass is 9.90. The SMILES string of the molecule is Cc1ccc2c(-c3nc(Nc4cc(CN5CCNC(C)C5(C)C)cc(C5CC5)c4)ncc3Cl)c[nH]c2c1. The maximum Gasteiger partial charge on any atom is 0.227 e. The summed E-state index contributed by atoms with van der Waals surface area (Å²) in [7, 11) is 0. The fourth-order valence-electron chi connectivity index (χ4n) is 5.45. The monoisotopic (exact) mass is 514 g/mol. The van der Waals surface area contributed by atoms with E-state index in [9.17, 15) is 0 Å². The van der Waals surface area contributed by atoms with Crippen LogP contribution in [0.4, 0.5) is 11.6 Å². The Hall–Kier alpha value is -2.93. The fraction of sp³-hybridized carbons (Fsp3) is 0.400. The van der Waals surface area contributed by atoms with Gasteiger partial charge in [-0.3, -0.25) is 4.90 Å². The summed E-state index contributed by atoms with van der Waals surface area (Å²) in [4.78, 5) is 15.3. The first kappa shape index (κ1) is 24.4. The van der Waals surface area contributed by atoms with Crippen LogP contribution in [0.3, 0.4) is 0 Å². The number of anilines is 2. The zero-order valence-electron chi connectivity index (χ0n) is 22.0. The minimum absolute atomic E-state index is 0.0908. The molecule has 4 aromatic rings. The van der Waals surface area contributed by atoms with Crippen molar-refractivity contribution in [2.45, 2.75) is 64.6 Å². The Morgan fingerprint density at radius 1 is 1.16 bits per heavy atom. The van der Waals surface area contributed by atoms with Gasteiger partial charge in [0.25, 0.3) is 0 Å².